The minimum atomic E-state index is -2.99. The second-order valence-corrected chi connectivity index (χ2v) is 10.8. The third-order valence-electron chi connectivity index (χ3n) is 6.07. The summed E-state index contributed by atoms with van der Waals surface area (Å²) in [7, 11) is 0. The Labute approximate surface area is 247 Å². The maximum Gasteiger partial charge on any atom is 0.453 e. The van der Waals surface area contributed by atoms with E-state index in [0.717, 1.165) is 0 Å². The van der Waals surface area contributed by atoms with Crippen molar-refractivity contribution < 1.29 is 53.1 Å². The van der Waals surface area contributed by atoms with Crippen LogP contribution in [-0.2, 0) is 39.8 Å². The topological polar surface area (TPSA) is 167 Å². The van der Waals surface area contributed by atoms with Crippen LogP contribution < -0.4 is 14.8 Å². The third kappa shape index (κ3) is 8.11. The van der Waals surface area contributed by atoms with Crippen LogP contribution in [0.2, 0.25) is 5.02 Å². The molecule has 0 saturated carbocycles. The number of hydrogen-bond acceptors (Lipinski definition) is 11. The molecule has 2 aromatic carbocycles. The molecule has 1 aliphatic heterocycles. The highest BCUT2D eigenvalue weighted by molar-refractivity contribution is 6.30. The summed E-state index contributed by atoms with van der Waals surface area (Å²) in [6, 6.07) is 11.4. The Morgan fingerprint density at radius 3 is 2.10 bits per heavy atom. The Bertz CT molecular complexity index is 1290. The zero-order chi connectivity index (χ0) is 31.2. The summed E-state index contributed by atoms with van der Waals surface area (Å²) in [4.78, 5) is 49.5. The number of nitrogens with one attached hydrogen (secondary N) is 1. The lowest BCUT2D eigenvalue weighted by atomic mass is 10.1. The molecule has 12 nitrogen and oxygen atoms in total. The van der Waals surface area contributed by atoms with Crippen molar-refractivity contribution in [1.82, 2.24) is 5.32 Å². The van der Waals surface area contributed by atoms with Gasteiger partial charge in [0.25, 0.3) is 0 Å². The molecule has 0 fully saturated rings. The quantitative estimate of drug-likeness (QED) is 0.173. The van der Waals surface area contributed by atoms with Crippen LogP contribution in [-0.4, -0.2) is 58.9 Å². The van der Waals surface area contributed by atoms with Gasteiger partial charge in [0.1, 0.15) is 0 Å². The van der Waals surface area contributed by atoms with Crippen molar-refractivity contribution in [2.75, 3.05) is 6.54 Å². The van der Waals surface area contributed by atoms with Crippen LogP contribution >= 0.6 is 11.6 Å². The van der Waals surface area contributed by atoms with E-state index in [9.17, 15) is 29.4 Å². The summed E-state index contributed by atoms with van der Waals surface area (Å²) in [5.74, 6) is -9.62. The Morgan fingerprint density at radius 2 is 1.52 bits per heavy atom. The number of esters is 3. The van der Waals surface area contributed by atoms with Crippen molar-refractivity contribution in [3.63, 3.8) is 0 Å². The molecule has 3 atom stereocenters. The number of carbonyl (C=O) groups is 4. The minimum absolute atomic E-state index is 0.0482. The number of aliphatic hydroxyl groups excluding tert-OH is 1. The molecule has 0 aliphatic carbocycles. The van der Waals surface area contributed by atoms with E-state index in [1.165, 1.54) is 39.8 Å². The molecule has 3 rings (SSSR count). The second kappa shape index (κ2) is 13.9. The first kappa shape index (κ1) is 32.6. The van der Waals surface area contributed by atoms with Crippen LogP contribution in [0.25, 0.3) is 0 Å². The molecule has 3 unspecified atom stereocenters. The number of carbonyl (C=O) groups excluding carboxylic acids is 3. The molecule has 0 spiro atoms. The van der Waals surface area contributed by atoms with E-state index in [1.54, 1.807) is 30.3 Å². The minimum Gasteiger partial charge on any atom is -0.475 e. The lowest BCUT2D eigenvalue weighted by Gasteiger charge is -2.24. The Morgan fingerprint density at radius 1 is 0.905 bits per heavy atom. The van der Waals surface area contributed by atoms with Crippen molar-refractivity contribution >= 4 is 35.5 Å². The monoisotopic (exact) mass is 607 g/mol. The van der Waals surface area contributed by atoms with Crippen molar-refractivity contribution in [2.24, 2.45) is 11.8 Å². The predicted molar refractivity (Wildman–Crippen MR) is 147 cm³/mol. The van der Waals surface area contributed by atoms with E-state index in [0.29, 0.717) is 22.6 Å². The normalized spacial score (nSPS) is 17.2. The van der Waals surface area contributed by atoms with Crippen LogP contribution in [0.1, 0.15) is 51.8 Å². The van der Waals surface area contributed by atoms with Crippen LogP contribution in [0.4, 0.5) is 0 Å². The summed E-state index contributed by atoms with van der Waals surface area (Å²) >= 11 is 5.99. The largest absolute Gasteiger partial charge is 0.475 e. The number of carboxylic acid groups (broad SMARTS) is 1. The number of benzene rings is 2. The number of halogens is 1. The second-order valence-electron chi connectivity index (χ2n) is 10.4. The number of hydrogen-bond donors (Lipinski definition) is 3. The number of carboxylic acids is 1. The molecule has 0 amide bonds. The Hall–Kier alpha value is -3.87. The average molecular weight is 608 g/mol. The van der Waals surface area contributed by atoms with E-state index in [4.69, 9.17) is 35.3 Å². The molecule has 0 aromatic heterocycles. The molecule has 0 radical (unpaired) electrons. The van der Waals surface area contributed by atoms with Gasteiger partial charge in [-0.05, 0) is 48.7 Å². The van der Waals surface area contributed by atoms with Crippen molar-refractivity contribution in [3.8, 4) is 11.5 Å². The van der Waals surface area contributed by atoms with Gasteiger partial charge >= 0.3 is 36.1 Å². The first-order valence-electron chi connectivity index (χ1n) is 13.2. The third-order valence-corrected chi connectivity index (χ3v) is 6.31. The number of ether oxygens (including phenoxy) is 5. The van der Waals surface area contributed by atoms with Gasteiger partial charge in [-0.1, -0.05) is 57.5 Å². The van der Waals surface area contributed by atoms with Gasteiger partial charge in [-0.25, -0.2) is 9.59 Å². The van der Waals surface area contributed by atoms with Gasteiger partial charge in [0.15, 0.2) is 11.5 Å². The van der Waals surface area contributed by atoms with E-state index in [-0.39, 0.29) is 24.1 Å². The maximum atomic E-state index is 13.1. The molecule has 1 heterocycles. The van der Waals surface area contributed by atoms with Crippen LogP contribution in [0.3, 0.4) is 0 Å². The Balaban J connectivity index is 1.69. The van der Waals surface area contributed by atoms with Gasteiger partial charge < -0.3 is 39.2 Å². The van der Waals surface area contributed by atoms with E-state index in [2.05, 4.69) is 5.32 Å². The first-order chi connectivity index (χ1) is 19.7. The summed E-state index contributed by atoms with van der Waals surface area (Å²) in [6.07, 6.45) is -0.338. The van der Waals surface area contributed by atoms with Crippen molar-refractivity contribution in [1.29, 1.82) is 0 Å². The standard InChI is InChI=1S/C29H34ClNO11/c1-15(2)24(33)38-28(39-25(34)16(3)4)40-27(37)29(26(35)36)41-22-10-9-18(12-23(22)42-29)11-17(5)31-14-21(32)19-7-6-8-20(30)13-19/h6-10,12-13,15-17,21,28,31-32H,11,14H2,1-5H3,(H,35,36). The van der Waals surface area contributed by atoms with E-state index in [1.807, 2.05) is 6.92 Å². The number of fused-ring (bicyclic) bond motifs is 1. The highest BCUT2D eigenvalue weighted by Gasteiger charge is 2.60. The van der Waals surface area contributed by atoms with Gasteiger partial charge in [-0.15, -0.1) is 0 Å². The van der Waals surface area contributed by atoms with Crippen LogP contribution in [0.5, 0.6) is 11.5 Å². The summed E-state index contributed by atoms with van der Waals surface area (Å²) in [5.41, 5.74) is 1.38. The molecular weight excluding hydrogens is 574 g/mol. The molecule has 42 heavy (non-hydrogen) atoms. The van der Waals surface area contributed by atoms with Gasteiger partial charge in [0.05, 0.1) is 17.9 Å². The molecule has 13 heteroatoms. The number of aliphatic hydroxyl groups is 1. The van der Waals surface area contributed by atoms with Gasteiger partial charge in [-0.2, -0.15) is 0 Å². The smallest absolute Gasteiger partial charge is 0.453 e. The average Bonchev–Trinajstić information content (AvgIpc) is 3.32. The molecule has 3 N–H and O–H groups in total. The zero-order valence-corrected chi connectivity index (χ0v) is 24.5. The van der Waals surface area contributed by atoms with Gasteiger partial charge in [-0.3, -0.25) is 9.59 Å². The summed E-state index contributed by atoms with van der Waals surface area (Å²) in [6.45, 7) is 5.98. The highest BCUT2D eigenvalue weighted by atomic mass is 35.5. The first-order valence-corrected chi connectivity index (χ1v) is 13.6. The number of rotatable bonds is 13. The predicted octanol–water partition coefficient (Wildman–Crippen LogP) is 3.37. The highest BCUT2D eigenvalue weighted by Crippen LogP contribution is 2.41. The molecule has 0 saturated heterocycles. The summed E-state index contributed by atoms with van der Waals surface area (Å²) < 4.78 is 25.7. The fourth-order valence-electron chi connectivity index (χ4n) is 3.70. The molecule has 2 aromatic rings. The van der Waals surface area contributed by atoms with Gasteiger partial charge in [0, 0.05) is 17.6 Å². The fraction of sp³-hybridized carbons (Fsp3) is 0.448. The van der Waals surface area contributed by atoms with Crippen LogP contribution in [0.15, 0.2) is 42.5 Å². The molecule has 1 aliphatic rings. The fourth-order valence-corrected chi connectivity index (χ4v) is 3.90. The molecular formula is C29H34ClNO11. The maximum absolute atomic E-state index is 13.1. The number of aliphatic carboxylic acids is 1. The SMILES string of the molecule is CC(Cc1ccc2c(c1)OC(C(=O)O)(C(=O)OC(OC(=O)C(C)C)OC(=O)C(C)C)O2)NCC(O)c1cccc(Cl)c1. The molecule has 0 bridgehead atoms. The van der Waals surface area contributed by atoms with E-state index >= 15 is 0 Å². The van der Waals surface area contributed by atoms with Crippen molar-refractivity contribution in [3.05, 3.63) is 58.6 Å². The lowest BCUT2D eigenvalue weighted by Crippen LogP contribution is -2.56. The van der Waals surface area contributed by atoms with Crippen molar-refractivity contribution in [2.45, 2.75) is 65.4 Å². The molecule has 228 valence electrons. The van der Waals surface area contributed by atoms with Crippen LogP contribution in [0, 0.1) is 11.8 Å². The zero-order valence-electron chi connectivity index (χ0n) is 23.8. The summed E-state index contributed by atoms with van der Waals surface area (Å²) in [5, 5.41) is 24.1. The lowest BCUT2D eigenvalue weighted by molar-refractivity contribution is -0.272. The Kier molecular flexibility index (Phi) is 10.8. The van der Waals surface area contributed by atoms with E-state index < -0.39 is 54.1 Å². The van der Waals surface area contributed by atoms with Gasteiger partial charge in [0.2, 0.25) is 0 Å².